The first-order valence-electron chi connectivity index (χ1n) is 9.50. The largest absolute Gasteiger partial charge is 0.465 e. The van der Waals surface area contributed by atoms with Crippen molar-refractivity contribution < 1.29 is 19.1 Å². The van der Waals surface area contributed by atoms with E-state index in [1.807, 2.05) is 55.5 Å². The van der Waals surface area contributed by atoms with Crippen molar-refractivity contribution in [3.63, 3.8) is 0 Å². The van der Waals surface area contributed by atoms with E-state index in [0.29, 0.717) is 6.54 Å². The van der Waals surface area contributed by atoms with Crippen LogP contribution in [0.15, 0.2) is 54.7 Å². The van der Waals surface area contributed by atoms with Gasteiger partial charge in [0.2, 0.25) is 0 Å². The summed E-state index contributed by atoms with van der Waals surface area (Å²) in [7, 11) is 0. The molecule has 2 rings (SSSR count). The third-order valence-corrected chi connectivity index (χ3v) is 4.18. The van der Waals surface area contributed by atoms with Gasteiger partial charge in [0.25, 0.3) is 0 Å². The number of carbonyl (C=O) groups excluding carboxylic acids is 2. The van der Waals surface area contributed by atoms with E-state index in [0.717, 1.165) is 11.3 Å². The first kappa shape index (κ1) is 21.4. The summed E-state index contributed by atoms with van der Waals surface area (Å²) in [6, 6.07) is 15.6. The summed E-state index contributed by atoms with van der Waals surface area (Å²) >= 11 is 0. The fraction of sp³-hybridized carbons (Fsp3) is 0.409. The fourth-order valence-electron chi connectivity index (χ4n) is 2.55. The lowest BCUT2D eigenvalue weighted by Crippen LogP contribution is -2.31. The highest BCUT2D eigenvalue weighted by Crippen LogP contribution is 2.21. The Labute approximate surface area is 166 Å². The van der Waals surface area contributed by atoms with Gasteiger partial charge in [-0.05, 0) is 17.7 Å². The SMILES string of the molecule is CC(COC(=O)NC[C@@H](c1ccccc1)c1ccccn1)COC(=O)C(C)C. The molecule has 0 aliphatic rings. The lowest BCUT2D eigenvalue weighted by Gasteiger charge is -2.18. The summed E-state index contributed by atoms with van der Waals surface area (Å²) in [5.41, 5.74) is 1.94. The number of ether oxygens (including phenoxy) is 2. The van der Waals surface area contributed by atoms with Gasteiger partial charge >= 0.3 is 12.1 Å². The van der Waals surface area contributed by atoms with E-state index in [9.17, 15) is 9.59 Å². The number of hydrogen-bond acceptors (Lipinski definition) is 5. The molecule has 1 unspecified atom stereocenters. The number of hydrogen-bond donors (Lipinski definition) is 1. The zero-order valence-corrected chi connectivity index (χ0v) is 16.6. The third-order valence-electron chi connectivity index (χ3n) is 4.18. The van der Waals surface area contributed by atoms with Gasteiger partial charge in [0.05, 0.1) is 19.1 Å². The average Bonchev–Trinajstić information content (AvgIpc) is 2.72. The van der Waals surface area contributed by atoms with E-state index < -0.39 is 6.09 Å². The Kier molecular flexibility index (Phi) is 8.46. The normalized spacial score (nSPS) is 12.9. The Morgan fingerprint density at radius 3 is 2.29 bits per heavy atom. The van der Waals surface area contributed by atoms with Crippen molar-refractivity contribution in [3.8, 4) is 0 Å². The van der Waals surface area contributed by atoms with Gasteiger partial charge in [0.1, 0.15) is 0 Å². The minimum atomic E-state index is -0.501. The second kappa shape index (κ2) is 11.1. The first-order chi connectivity index (χ1) is 13.5. The topological polar surface area (TPSA) is 77.5 Å². The molecule has 6 heteroatoms. The van der Waals surface area contributed by atoms with Crippen LogP contribution in [0, 0.1) is 11.8 Å². The van der Waals surface area contributed by atoms with Crippen LogP contribution < -0.4 is 5.32 Å². The quantitative estimate of drug-likeness (QED) is 0.666. The van der Waals surface area contributed by atoms with Crippen LogP contribution in [0.25, 0.3) is 0 Å². The molecule has 1 aromatic carbocycles. The number of alkyl carbamates (subject to hydrolysis) is 1. The van der Waals surface area contributed by atoms with Crippen molar-refractivity contribution in [3.05, 3.63) is 66.0 Å². The summed E-state index contributed by atoms with van der Waals surface area (Å²) < 4.78 is 10.4. The number of carbonyl (C=O) groups is 2. The predicted molar refractivity (Wildman–Crippen MR) is 107 cm³/mol. The van der Waals surface area contributed by atoms with Crippen LogP contribution >= 0.6 is 0 Å². The van der Waals surface area contributed by atoms with Gasteiger partial charge in [0, 0.05) is 30.3 Å². The summed E-state index contributed by atoms with van der Waals surface area (Å²) in [5.74, 6) is -0.566. The number of esters is 1. The molecular formula is C22H28N2O4. The molecule has 0 saturated carbocycles. The molecule has 0 aliphatic heterocycles. The number of benzene rings is 1. The highest BCUT2D eigenvalue weighted by Gasteiger charge is 2.17. The lowest BCUT2D eigenvalue weighted by atomic mass is 9.95. The van der Waals surface area contributed by atoms with E-state index in [2.05, 4.69) is 10.3 Å². The van der Waals surface area contributed by atoms with Crippen LogP contribution in [0.3, 0.4) is 0 Å². The van der Waals surface area contributed by atoms with Gasteiger partial charge in [-0.15, -0.1) is 0 Å². The van der Waals surface area contributed by atoms with Crippen molar-refractivity contribution in [2.24, 2.45) is 11.8 Å². The molecule has 1 amide bonds. The first-order valence-corrected chi connectivity index (χ1v) is 9.50. The van der Waals surface area contributed by atoms with Crippen LogP contribution in [0.2, 0.25) is 0 Å². The van der Waals surface area contributed by atoms with Crippen molar-refractivity contribution in [1.82, 2.24) is 10.3 Å². The number of aromatic nitrogens is 1. The van der Waals surface area contributed by atoms with Gasteiger partial charge in [0.15, 0.2) is 0 Å². The van der Waals surface area contributed by atoms with E-state index in [1.54, 1.807) is 20.0 Å². The molecule has 1 aromatic heterocycles. The maximum atomic E-state index is 12.1. The maximum Gasteiger partial charge on any atom is 0.407 e. The number of nitrogens with zero attached hydrogens (tertiary/aromatic N) is 1. The zero-order chi connectivity index (χ0) is 20.4. The Hall–Kier alpha value is -2.89. The number of pyridine rings is 1. The van der Waals surface area contributed by atoms with Crippen LogP contribution in [0.5, 0.6) is 0 Å². The molecule has 0 spiro atoms. The molecule has 6 nitrogen and oxygen atoms in total. The van der Waals surface area contributed by atoms with Crippen molar-refractivity contribution >= 4 is 12.1 Å². The van der Waals surface area contributed by atoms with E-state index in [1.165, 1.54) is 0 Å². The molecule has 2 aromatic rings. The maximum absolute atomic E-state index is 12.1. The van der Waals surface area contributed by atoms with Gasteiger partial charge in [-0.25, -0.2) is 4.79 Å². The fourth-order valence-corrected chi connectivity index (χ4v) is 2.55. The van der Waals surface area contributed by atoms with Crippen molar-refractivity contribution in [1.29, 1.82) is 0 Å². The van der Waals surface area contributed by atoms with Crippen molar-refractivity contribution in [2.75, 3.05) is 19.8 Å². The van der Waals surface area contributed by atoms with Gasteiger partial charge in [-0.1, -0.05) is 57.2 Å². The predicted octanol–water partition coefficient (Wildman–Crippen LogP) is 3.78. The molecule has 0 fully saturated rings. The molecule has 1 heterocycles. The molecule has 150 valence electrons. The highest BCUT2D eigenvalue weighted by molar-refractivity contribution is 5.71. The van der Waals surface area contributed by atoms with Crippen LogP contribution in [0.4, 0.5) is 4.79 Å². The number of nitrogens with one attached hydrogen (secondary N) is 1. The van der Waals surface area contributed by atoms with E-state index >= 15 is 0 Å². The molecule has 2 atom stereocenters. The van der Waals surface area contributed by atoms with E-state index in [-0.39, 0.29) is 36.9 Å². The molecule has 0 saturated heterocycles. The molecule has 28 heavy (non-hydrogen) atoms. The molecule has 0 bridgehead atoms. The molecule has 0 aliphatic carbocycles. The Balaban J connectivity index is 1.84. The highest BCUT2D eigenvalue weighted by atomic mass is 16.6. The zero-order valence-electron chi connectivity index (χ0n) is 16.6. The van der Waals surface area contributed by atoms with Gasteiger partial charge < -0.3 is 14.8 Å². The second-order valence-electron chi connectivity index (χ2n) is 7.09. The van der Waals surface area contributed by atoms with Crippen LogP contribution in [-0.2, 0) is 14.3 Å². The molecule has 1 N–H and O–H groups in total. The summed E-state index contributed by atoms with van der Waals surface area (Å²) in [6.45, 7) is 6.20. The Morgan fingerprint density at radius 1 is 0.964 bits per heavy atom. The third kappa shape index (κ3) is 7.02. The second-order valence-corrected chi connectivity index (χ2v) is 7.09. The Morgan fingerprint density at radius 2 is 1.64 bits per heavy atom. The van der Waals surface area contributed by atoms with Gasteiger partial charge in [-0.3, -0.25) is 9.78 Å². The summed E-state index contributed by atoms with van der Waals surface area (Å²) in [4.78, 5) is 28.0. The number of amides is 1. The summed E-state index contributed by atoms with van der Waals surface area (Å²) in [6.07, 6.45) is 1.24. The van der Waals surface area contributed by atoms with Crippen LogP contribution in [-0.4, -0.2) is 36.8 Å². The summed E-state index contributed by atoms with van der Waals surface area (Å²) in [5, 5.41) is 2.81. The minimum Gasteiger partial charge on any atom is -0.465 e. The monoisotopic (exact) mass is 384 g/mol. The molecular weight excluding hydrogens is 356 g/mol. The van der Waals surface area contributed by atoms with Crippen molar-refractivity contribution in [2.45, 2.75) is 26.7 Å². The van der Waals surface area contributed by atoms with E-state index in [4.69, 9.17) is 9.47 Å². The average molecular weight is 384 g/mol. The van der Waals surface area contributed by atoms with Crippen LogP contribution in [0.1, 0.15) is 37.9 Å². The molecule has 0 radical (unpaired) electrons. The lowest BCUT2D eigenvalue weighted by molar-refractivity contribution is -0.148. The smallest absolute Gasteiger partial charge is 0.407 e. The van der Waals surface area contributed by atoms with Gasteiger partial charge in [-0.2, -0.15) is 0 Å². The Bertz CT molecular complexity index is 695. The standard InChI is InChI=1S/C22H28N2O4/c1-16(2)21(25)27-14-17(3)15-28-22(26)24-13-19(18-9-5-4-6-10-18)20-11-7-8-12-23-20/h4-12,16-17,19H,13-15H2,1-3H3,(H,24,26)/t17?,19-/m0/s1. The number of rotatable bonds is 9. The minimum absolute atomic E-state index is 0.0700.